The highest BCUT2D eigenvalue weighted by Gasteiger charge is 2.14. The van der Waals surface area contributed by atoms with E-state index in [-0.39, 0.29) is 18.7 Å². The van der Waals surface area contributed by atoms with Crippen molar-refractivity contribution in [1.29, 1.82) is 0 Å². The van der Waals surface area contributed by atoms with Crippen LogP contribution in [-0.4, -0.2) is 66.8 Å². The Morgan fingerprint density at radius 2 is 2.06 bits per heavy atom. The van der Waals surface area contributed by atoms with Gasteiger partial charge >= 0.3 is 6.03 Å². The number of nitrogens with one attached hydrogen (secondary N) is 1. The van der Waals surface area contributed by atoms with Crippen LogP contribution in [0.25, 0.3) is 0 Å². The number of rotatable bonds is 7. The summed E-state index contributed by atoms with van der Waals surface area (Å²) in [5.41, 5.74) is 0. The minimum atomic E-state index is -0.130. The average Bonchev–Trinajstić information content (AvgIpc) is 2.89. The lowest BCUT2D eigenvalue weighted by molar-refractivity contribution is 0.157. The topological polar surface area (TPSA) is 55.8 Å². The monoisotopic (exact) mass is 257 g/mol. The Bertz CT molecular complexity index is 242. The number of likely N-dealkylation sites (tertiary alicyclic amines) is 1. The van der Waals surface area contributed by atoms with Gasteiger partial charge in [-0.3, -0.25) is 0 Å². The smallest absolute Gasteiger partial charge is 0.317 e. The van der Waals surface area contributed by atoms with Crippen LogP contribution in [0.1, 0.15) is 32.6 Å². The summed E-state index contributed by atoms with van der Waals surface area (Å²) >= 11 is 0. The third-order valence-electron chi connectivity index (χ3n) is 3.62. The quantitative estimate of drug-likeness (QED) is 0.666. The van der Waals surface area contributed by atoms with E-state index in [9.17, 15) is 4.79 Å². The highest BCUT2D eigenvalue weighted by Crippen LogP contribution is 2.07. The molecule has 0 aromatic rings. The van der Waals surface area contributed by atoms with Gasteiger partial charge < -0.3 is 20.2 Å². The van der Waals surface area contributed by atoms with E-state index in [1.165, 1.54) is 25.9 Å². The van der Waals surface area contributed by atoms with Gasteiger partial charge in [0, 0.05) is 13.6 Å². The molecule has 1 rings (SSSR count). The van der Waals surface area contributed by atoms with Gasteiger partial charge in [0.25, 0.3) is 0 Å². The van der Waals surface area contributed by atoms with Crippen molar-refractivity contribution in [3.63, 3.8) is 0 Å². The molecule has 2 N–H and O–H groups in total. The van der Waals surface area contributed by atoms with Crippen molar-refractivity contribution in [2.75, 3.05) is 39.8 Å². The largest absolute Gasteiger partial charge is 0.394 e. The fourth-order valence-electron chi connectivity index (χ4n) is 2.11. The fraction of sp³-hybridized carbons (Fsp3) is 0.923. The van der Waals surface area contributed by atoms with Crippen LogP contribution in [0.3, 0.4) is 0 Å². The van der Waals surface area contributed by atoms with Gasteiger partial charge in [-0.25, -0.2) is 4.79 Å². The van der Waals surface area contributed by atoms with Gasteiger partial charge in [-0.1, -0.05) is 0 Å². The van der Waals surface area contributed by atoms with Crippen molar-refractivity contribution in [3.8, 4) is 0 Å². The summed E-state index contributed by atoms with van der Waals surface area (Å²) in [6, 6.07) is -0.229. The molecule has 1 heterocycles. The lowest BCUT2D eigenvalue weighted by atomic mass is 10.3. The van der Waals surface area contributed by atoms with Gasteiger partial charge in [0.15, 0.2) is 0 Å². The second-order valence-corrected chi connectivity index (χ2v) is 5.13. The highest BCUT2D eigenvalue weighted by atomic mass is 16.3. The first-order valence-corrected chi connectivity index (χ1v) is 6.99. The van der Waals surface area contributed by atoms with Crippen LogP contribution in [0.4, 0.5) is 4.79 Å². The molecular weight excluding hydrogens is 230 g/mol. The van der Waals surface area contributed by atoms with E-state index >= 15 is 0 Å². The summed E-state index contributed by atoms with van der Waals surface area (Å²) < 4.78 is 0. The molecular formula is C13H27N3O2. The van der Waals surface area contributed by atoms with Gasteiger partial charge in [0.2, 0.25) is 0 Å². The number of nitrogens with zero attached hydrogens (tertiary/aromatic N) is 2. The first kappa shape index (κ1) is 15.2. The minimum absolute atomic E-state index is 0.00111. The zero-order valence-corrected chi connectivity index (χ0v) is 11.7. The van der Waals surface area contributed by atoms with Crippen LogP contribution in [0.5, 0.6) is 0 Å². The van der Waals surface area contributed by atoms with E-state index in [0.717, 1.165) is 25.9 Å². The minimum Gasteiger partial charge on any atom is -0.394 e. The molecule has 0 aliphatic carbocycles. The van der Waals surface area contributed by atoms with Crippen LogP contribution in [0.2, 0.25) is 0 Å². The second-order valence-electron chi connectivity index (χ2n) is 5.13. The standard InChI is InChI=1S/C13H27N3O2/c1-12(11-17)15(2)13(18)14-7-3-4-8-16-9-5-6-10-16/h12,17H,3-11H2,1-2H3,(H,14,18). The molecule has 5 heteroatoms. The van der Waals surface area contributed by atoms with E-state index < -0.39 is 0 Å². The molecule has 0 aromatic heterocycles. The highest BCUT2D eigenvalue weighted by molar-refractivity contribution is 5.74. The molecule has 1 fully saturated rings. The van der Waals surface area contributed by atoms with Gasteiger partial charge in [0.1, 0.15) is 0 Å². The lowest BCUT2D eigenvalue weighted by Crippen LogP contribution is -2.44. The number of carbonyl (C=O) groups excluding carboxylic acids is 1. The molecule has 106 valence electrons. The molecule has 0 radical (unpaired) electrons. The summed E-state index contributed by atoms with van der Waals surface area (Å²) in [5.74, 6) is 0. The Morgan fingerprint density at radius 3 is 2.67 bits per heavy atom. The SMILES string of the molecule is CC(CO)N(C)C(=O)NCCCCN1CCCC1. The maximum absolute atomic E-state index is 11.7. The third kappa shape index (κ3) is 5.23. The lowest BCUT2D eigenvalue weighted by Gasteiger charge is -2.23. The van der Waals surface area contributed by atoms with E-state index in [0.29, 0.717) is 0 Å². The number of hydrogen-bond acceptors (Lipinski definition) is 3. The molecule has 0 bridgehead atoms. The van der Waals surface area contributed by atoms with Gasteiger partial charge in [0.05, 0.1) is 12.6 Å². The number of unbranched alkanes of at least 4 members (excludes halogenated alkanes) is 1. The fourth-order valence-corrected chi connectivity index (χ4v) is 2.11. The molecule has 5 nitrogen and oxygen atoms in total. The summed E-state index contributed by atoms with van der Waals surface area (Å²) in [5, 5.41) is 11.8. The molecule has 1 saturated heterocycles. The zero-order valence-electron chi connectivity index (χ0n) is 11.7. The predicted octanol–water partition coefficient (Wildman–Crippen LogP) is 0.885. The average molecular weight is 257 g/mol. The normalized spacial score (nSPS) is 17.7. The molecule has 18 heavy (non-hydrogen) atoms. The molecule has 1 unspecified atom stereocenters. The summed E-state index contributed by atoms with van der Waals surface area (Å²) in [7, 11) is 1.71. The predicted molar refractivity (Wildman–Crippen MR) is 72.6 cm³/mol. The van der Waals surface area contributed by atoms with Gasteiger partial charge in [-0.2, -0.15) is 0 Å². The Balaban J connectivity index is 2.01. The number of amides is 2. The van der Waals surface area contributed by atoms with Crippen LogP contribution < -0.4 is 5.32 Å². The van der Waals surface area contributed by atoms with Crippen LogP contribution >= 0.6 is 0 Å². The van der Waals surface area contributed by atoms with Gasteiger partial charge in [-0.05, 0) is 52.2 Å². The molecule has 1 aliphatic heterocycles. The Morgan fingerprint density at radius 1 is 1.39 bits per heavy atom. The molecule has 0 saturated carbocycles. The number of aliphatic hydroxyl groups excluding tert-OH is 1. The van der Waals surface area contributed by atoms with Crippen molar-refractivity contribution in [2.45, 2.75) is 38.6 Å². The Labute approximate surface area is 110 Å². The van der Waals surface area contributed by atoms with E-state index in [2.05, 4.69) is 10.2 Å². The van der Waals surface area contributed by atoms with Crippen molar-refractivity contribution in [1.82, 2.24) is 15.1 Å². The maximum Gasteiger partial charge on any atom is 0.317 e. The maximum atomic E-state index is 11.7. The number of urea groups is 1. The first-order chi connectivity index (χ1) is 8.65. The number of hydrogen-bond donors (Lipinski definition) is 2. The van der Waals surface area contributed by atoms with E-state index in [4.69, 9.17) is 5.11 Å². The summed E-state index contributed by atoms with van der Waals surface area (Å²) in [6.07, 6.45) is 4.82. The molecule has 1 aliphatic rings. The van der Waals surface area contributed by atoms with Crippen molar-refractivity contribution < 1.29 is 9.90 Å². The van der Waals surface area contributed by atoms with E-state index in [1.54, 1.807) is 11.9 Å². The second kappa shape index (κ2) is 8.32. The van der Waals surface area contributed by atoms with Crippen molar-refractivity contribution >= 4 is 6.03 Å². The Kier molecular flexibility index (Phi) is 7.05. The van der Waals surface area contributed by atoms with Gasteiger partial charge in [-0.15, -0.1) is 0 Å². The third-order valence-corrected chi connectivity index (χ3v) is 3.62. The zero-order chi connectivity index (χ0) is 13.4. The van der Waals surface area contributed by atoms with Crippen LogP contribution in [0.15, 0.2) is 0 Å². The molecule has 0 spiro atoms. The summed E-state index contributed by atoms with van der Waals surface area (Å²) in [6.45, 7) is 6.17. The molecule has 2 amide bonds. The van der Waals surface area contributed by atoms with E-state index in [1.807, 2.05) is 6.92 Å². The van der Waals surface area contributed by atoms with Crippen LogP contribution in [-0.2, 0) is 0 Å². The number of likely N-dealkylation sites (N-methyl/N-ethyl adjacent to an activating group) is 1. The first-order valence-electron chi connectivity index (χ1n) is 6.99. The molecule has 1 atom stereocenters. The molecule has 0 aromatic carbocycles. The number of carbonyl (C=O) groups is 1. The van der Waals surface area contributed by atoms with Crippen molar-refractivity contribution in [3.05, 3.63) is 0 Å². The Hall–Kier alpha value is -0.810. The number of aliphatic hydroxyl groups is 1. The van der Waals surface area contributed by atoms with Crippen molar-refractivity contribution in [2.24, 2.45) is 0 Å². The summed E-state index contributed by atoms with van der Waals surface area (Å²) in [4.78, 5) is 15.7. The van der Waals surface area contributed by atoms with Crippen LogP contribution in [0, 0.1) is 0 Å².